The van der Waals surface area contributed by atoms with Crippen LogP contribution in [0.5, 0.6) is 0 Å². The Morgan fingerprint density at radius 3 is 2.71 bits per heavy atom. The predicted octanol–water partition coefficient (Wildman–Crippen LogP) is 3.38. The number of hydrogen-bond acceptors (Lipinski definition) is 6. The van der Waals surface area contributed by atoms with Gasteiger partial charge in [-0.15, -0.1) is 10.2 Å². The first-order valence-electron chi connectivity index (χ1n) is 9.77. The third-order valence-corrected chi connectivity index (χ3v) is 5.27. The van der Waals surface area contributed by atoms with Crippen molar-refractivity contribution in [1.82, 2.24) is 24.9 Å². The highest BCUT2D eigenvalue weighted by atomic mass is 16.5. The molecule has 3 aromatic rings. The Balaban J connectivity index is 1.49. The lowest BCUT2D eigenvalue weighted by molar-refractivity contribution is 0.144. The van der Waals surface area contributed by atoms with Gasteiger partial charge in [0.2, 0.25) is 11.8 Å². The topological polar surface area (TPSA) is 69.2 Å². The van der Waals surface area contributed by atoms with Gasteiger partial charge in [0, 0.05) is 56.0 Å². The highest BCUT2D eigenvalue weighted by molar-refractivity contribution is 5.51. The Morgan fingerprint density at radius 1 is 1.18 bits per heavy atom. The molecule has 0 N–H and O–H groups in total. The number of methoxy groups -OCH3 is 1. The van der Waals surface area contributed by atoms with Crippen LogP contribution in [0.2, 0.25) is 0 Å². The molecule has 2 atom stereocenters. The molecule has 0 radical (unpaired) electrons. The molecule has 0 unspecified atom stereocenters. The van der Waals surface area contributed by atoms with Crippen molar-refractivity contribution < 1.29 is 9.15 Å². The van der Waals surface area contributed by atoms with Crippen molar-refractivity contribution in [2.75, 3.05) is 26.8 Å². The average molecular weight is 381 g/mol. The van der Waals surface area contributed by atoms with Crippen molar-refractivity contribution in [2.24, 2.45) is 5.92 Å². The molecule has 1 saturated heterocycles. The molecule has 1 aliphatic heterocycles. The first kappa shape index (κ1) is 18.8. The lowest BCUT2D eigenvalue weighted by atomic mass is 9.97. The average Bonchev–Trinajstić information content (AvgIpc) is 3.43. The Morgan fingerprint density at radius 2 is 2.00 bits per heavy atom. The molecular weight excluding hydrogens is 354 g/mol. The maximum absolute atomic E-state index is 6.04. The summed E-state index contributed by atoms with van der Waals surface area (Å²) in [7, 11) is 1.75. The number of hydrogen-bond donors (Lipinski definition) is 0. The number of likely N-dealkylation sites (tertiary alicyclic amines) is 1. The maximum atomic E-state index is 6.04. The van der Waals surface area contributed by atoms with E-state index in [2.05, 4.69) is 40.2 Å². The number of ether oxygens (including phenoxy) is 1. The zero-order chi connectivity index (χ0) is 19.5. The van der Waals surface area contributed by atoms with E-state index in [0.29, 0.717) is 30.3 Å². The van der Waals surface area contributed by atoms with Gasteiger partial charge in [0.25, 0.3) is 0 Å². The summed E-state index contributed by atoms with van der Waals surface area (Å²) in [4.78, 5) is 2.42. The fraction of sp³-hybridized carbons (Fsp3) is 0.476. The van der Waals surface area contributed by atoms with E-state index in [-0.39, 0.29) is 5.92 Å². The summed E-state index contributed by atoms with van der Waals surface area (Å²) in [6.45, 7) is 7.62. The van der Waals surface area contributed by atoms with Crippen LogP contribution < -0.4 is 0 Å². The quantitative estimate of drug-likeness (QED) is 0.625. The first-order valence-corrected chi connectivity index (χ1v) is 9.77. The predicted molar refractivity (Wildman–Crippen MR) is 106 cm³/mol. The van der Waals surface area contributed by atoms with Crippen LogP contribution >= 0.6 is 0 Å². The second-order valence-corrected chi connectivity index (χ2v) is 7.75. The molecule has 28 heavy (non-hydrogen) atoms. The first-order chi connectivity index (χ1) is 13.6. The Labute approximate surface area is 165 Å². The minimum Gasteiger partial charge on any atom is -0.420 e. The molecule has 0 bridgehead atoms. The van der Waals surface area contributed by atoms with Crippen LogP contribution in [0.15, 0.2) is 47.1 Å². The van der Waals surface area contributed by atoms with Gasteiger partial charge in [-0.1, -0.05) is 18.2 Å². The monoisotopic (exact) mass is 381 g/mol. The van der Waals surface area contributed by atoms with Crippen molar-refractivity contribution in [3.05, 3.63) is 54.2 Å². The molecule has 0 amide bonds. The second-order valence-electron chi connectivity index (χ2n) is 7.75. The van der Waals surface area contributed by atoms with E-state index in [1.165, 1.54) is 5.56 Å². The van der Waals surface area contributed by atoms with Crippen molar-refractivity contribution in [1.29, 1.82) is 0 Å². The van der Waals surface area contributed by atoms with Gasteiger partial charge in [0.1, 0.15) is 0 Å². The van der Waals surface area contributed by atoms with E-state index in [4.69, 9.17) is 9.15 Å². The number of benzene rings is 1. The molecule has 148 valence electrons. The standard InChI is InChI=1S/C21H27N5O2/c1-15(2)26-11-16(9-22-26)10-25-12-18(14-27-3)19(13-25)21-24-23-20(28-21)17-7-5-4-6-8-17/h4-9,11,15,18-19H,10,12-14H2,1-3H3/t18-,19+/m0/s1. The van der Waals surface area contributed by atoms with Crippen molar-refractivity contribution in [3.63, 3.8) is 0 Å². The van der Waals surface area contributed by atoms with Crippen molar-refractivity contribution in [2.45, 2.75) is 32.4 Å². The van der Waals surface area contributed by atoms with Crippen LogP contribution in [0.1, 0.15) is 37.3 Å². The van der Waals surface area contributed by atoms with Crippen LogP contribution in [0, 0.1) is 5.92 Å². The maximum Gasteiger partial charge on any atom is 0.247 e. The largest absolute Gasteiger partial charge is 0.420 e. The smallest absolute Gasteiger partial charge is 0.247 e. The molecule has 0 spiro atoms. The summed E-state index contributed by atoms with van der Waals surface area (Å²) in [6, 6.07) is 10.3. The zero-order valence-corrected chi connectivity index (χ0v) is 16.7. The van der Waals surface area contributed by atoms with E-state index in [1.54, 1.807) is 7.11 Å². The molecule has 7 nitrogen and oxygen atoms in total. The van der Waals surface area contributed by atoms with Crippen LogP contribution in [-0.2, 0) is 11.3 Å². The van der Waals surface area contributed by atoms with Gasteiger partial charge in [0.05, 0.1) is 18.7 Å². The van der Waals surface area contributed by atoms with Gasteiger partial charge in [0.15, 0.2) is 0 Å². The summed E-state index contributed by atoms with van der Waals surface area (Å²) >= 11 is 0. The third kappa shape index (κ3) is 4.00. The van der Waals surface area contributed by atoms with Gasteiger partial charge in [-0.3, -0.25) is 9.58 Å². The van der Waals surface area contributed by atoms with Crippen molar-refractivity contribution >= 4 is 0 Å². The zero-order valence-electron chi connectivity index (χ0n) is 16.7. The molecule has 1 fully saturated rings. The lowest BCUT2D eigenvalue weighted by Gasteiger charge is -2.14. The third-order valence-electron chi connectivity index (χ3n) is 5.27. The van der Waals surface area contributed by atoms with E-state index in [1.807, 2.05) is 41.2 Å². The van der Waals surface area contributed by atoms with Crippen molar-refractivity contribution in [3.8, 4) is 11.5 Å². The summed E-state index contributed by atoms with van der Waals surface area (Å²) < 4.78 is 13.5. The molecule has 3 heterocycles. The van der Waals surface area contributed by atoms with E-state index >= 15 is 0 Å². The molecule has 7 heteroatoms. The van der Waals surface area contributed by atoms with E-state index < -0.39 is 0 Å². The molecule has 1 aliphatic rings. The normalized spacial score (nSPS) is 20.3. The SMILES string of the molecule is COC[C@@H]1CN(Cc2cnn(C(C)C)c2)C[C@H]1c1nnc(-c2ccccc2)o1. The number of rotatable bonds is 7. The van der Waals surface area contributed by atoms with Crippen LogP contribution in [0.25, 0.3) is 11.5 Å². The number of nitrogens with zero attached hydrogens (tertiary/aromatic N) is 5. The van der Waals surface area contributed by atoms with Gasteiger partial charge in [-0.2, -0.15) is 5.10 Å². The fourth-order valence-electron chi connectivity index (χ4n) is 3.83. The molecular formula is C21H27N5O2. The Hall–Kier alpha value is -2.51. The van der Waals surface area contributed by atoms with E-state index in [0.717, 1.165) is 25.2 Å². The minimum atomic E-state index is 0.171. The highest BCUT2D eigenvalue weighted by Gasteiger charge is 2.37. The molecule has 4 rings (SSSR count). The summed E-state index contributed by atoms with van der Waals surface area (Å²) in [6.07, 6.45) is 4.09. The van der Waals surface area contributed by atoms with E-state index in [9.17, 15) is 0 Å². The summed E-state index contributed by atoms with van der Waals surface area (Å²) in [5.74, 6) is 1.77. The number of aromatic nitrogens is 4. The van der Waals surface area contributed by atoms with Gasteiger partial charge in [-0.25, -0.2) is 0 Å². The highest BCUT2D eigenvalue weighted by Crippen LogP contribution is 2.34. The molecule has 0 saturated carbocycles. The second kappa shape index (κ2) is 8.24. The Kier molecular flexibility index (Phi) is 5.54. The minimum absolute atomic E-state index is 0.171. The van der Waals surface area contributed by atoms with Gasteiger partial charge in [-0.05, 0) is 26.0 Å². The molecule has 1 aromatic carbocycles. The van der Waals surface area contributed by atoms with Crippen LogP contribution in [0.4, 0.5) is 0 Å². The lowest BCUT2D eigenvalue weighted by Crippen LogP contribution is -2.21. The fourth-order valence-corrected chi connectivity index (χ4v) is 3.83. The molecule has 2 aromatic heterocycles. The van der Waals surface area contributed by atoms with Gasteiger partial charge < -0.3 is 9.15 Å². The molecule has 0 aliphatic carbocycles. The van der Waals surface area contributed by atoms with Crippen LogP contribution in [-0.4, -0.2) is 51.7 Å². The Bertz CT molecular complexity index is 889. The van der Waals surface area contributed by atoms with Crippen LogP contribution in [0.3, 0.4) is 0 Å². The van der Waals surface area contributed by atoms with Gasteiger partial charge >= 0.3 is 0 Å². The summed E-state index contributed by atoms with van der Waals surface area (Å²) in [5.41, 5.74) is 2.17. The summed E-state index contributed by atoms with van der Waals surface area (Å²) in [5, 5.41) is 13.1.